The molecule has 0 radical (unpaired) electrons. The molecule has 1 aliphatic carbocycles. The summed E-state index contributed by atoms with van der Waals surface area (Å²) >= 11 is 6.17. The second kappa shape index (κ2) is 6.41. The molecule has 0 spiro atoms. The van der Waals surface area contributed by atoms with Crippen molar-refractivity contribution in [1.29, 1.82) is 0 Å². The van der Waals surface area contributed by atoms with Crippen LogP contribution < -0.4 is 5.73 Å². The summed E-state index contributed by atoms with van der Waals surface area (Å²) in [5.74, 6) is -0.0000743. The number of halogens is 2. The lowest BCUT2D eigenvalue weighted by Gasteiger charge is -2.30. The van der Waals surface area contributed by atoms with E-state index in [1.807, 2.05) is 36.1 Å². The number of nitrogens with zero attached hydrogens (tertiary/aromatic N) is 1. The highest BCUT2D eigenvalue weighted by atomic mass is 35.5. The smallest absolute Gasteiger partial charge is 0.237 e. The third-order valence-corrected chi connectivity index (χ3v) is 3.52. The van der Waals surface area contributed by atoms with Crippen molar-refractivity contribution >= 4 is 29.9 Å². The van der Waals surface area contributed by atoms with Crippen molar-refractivity contribution < 1.29 is 4.79 Å². The molecule has 100 valence electrons. The van der Waals surface area contributed by atoms with Gasteiger partial charge in [-0.2, -0.15) is 0 Å². The van der Waals surface area contributed by atoms with Crippen molar-refractivity contribution in [3.05, 3.63) is 34.9 Å². The number of hydrogen-bond donors (Lipinski definition) is 1. The highest BCUT2D eigenvalue weighted by Crippen LogP contribution is 2.36. The highest BCUT2D eigenvalue weighted by Gasteiger charge is 2.35. The molecule has 1 aliphatic rings. The molecule has 18 heavy (non-hydrogen) atoms. The van der Waals surface area contributed by atoms with Gasteiger partial charge in [-0.05, 0) is 31.4 Å². The van der Waals surface area contributed by atoms with Gasteiger partial charge in [0.1, 0.15) is 0 Å². The molecule has 1 atom stereocenters. The minimum atomic E-state index is -0.00718. The van der Waals surface area contributed by atoms with E-state index in [0.717, 1.165) is 18.4 Å². The third-order valence-electron chi connectivity index (χ3n) is 3.18. The van der Waals surface area contributed by atoms with Gasteiger partial charge in [0, 0.05) is 11.1 Å². The topological polar surface area (TPSA) is 46.3 Å². The van der Waals surface area contributed by atoms with Gasteiger partial charge in [-0.3, -0.25) is 4.79 Å². The fourth-order valence-electron chi connectivity index (χ4n) is 2.16. The van der Waals surface area contributed by atoms with E-state index in [-0.39, 0.29) is 30.9 Å². The van der Waals surface area contributed by atoms with E-state index >= 15 is 0 Å². The second-order valence-electron chi connectivity index (χ2n) is 4.43. The molecule has 0 aliphatic heterocycles. The SMILES string of the molecule is CC(c1ccccc1Cl)N(C(=O)CN)C1CC1.Cl. The molecule has 0 heterocycles. The van der Waals surface area contributed by atoms with Crippen molar-refractivity contribution in [2.24, 2.45) is 5.73 Å². The van der Waals surface area contributed by atoms with Gasteiger partial charge in [-0.25, -0.2) is 0 Å². The average molecular weight is 289 g/mol. The molecule has 1 aromatic carbocycles. The zero-order valence-electron chi connectivity index (χ0n) is 10.3. The van der Waals surface area contributed by atoms with Crippen LogP contribution in [0.1, 0.15) is 31.4 Å². The zero-order valence-corrected chi connectivity index (χ0v) is 11.9. The van der Waals surface area contributed by atoms with Crippen molar-refractivity contribution in [2.45, 2.75) is 31.8 Å². The molecule has 1 fully saturated rings. The summed E-state index contributed by atoms with van der Waals surface area (Å²) in [7, 11) is 0. The van der Waals surface area contributed by atoms with E-state index in [4.69, 9.17) is 17.3 Å². The van der Waals surface area contributed by atoms with Crippen molar-refractivity contribution in [3.63, 3.8) is 0 Å². The largest absolute Gasteiger partial charge is 0.332 e. The minimum Gasteiger partial charge on any atom is -0.332 e. The van der Waals surface area contributed by atoms with Crippen molar-refractivity contribution in [2.75, 3.05) is 6.54 Å². The first kappa shape index (κ1) is 15.3. The number of carbonyl (C=O) groups excluding carboxylic acids is 1. The van der Waals surface area contributed by atoms with Gasteiger partial charge in [0.25, 0.3) is 0 Å². The van der Waals surface area contributed by atoms with E-state index in [1.165, 1.54) is 0 Å². The monoisotopic (exact) mass is 288 g/mol. The third kappa shape index (κ3) is 3.16. The number of benzene rings is 1. The van der Waals surface area contributed by atoms with Gasteiger partial charge >= 0.3 is 0 Å². The average Bonchev–Trinajstić information content (AvgIpc) is 3.14. The standard InChI is InChI=1S/C13H17ClN2O.ClH/c1-9(11-4-2-3-5-12(11)14)16(10-6-7-10)13(17)8-15;/h2-5,9-10H,6-8,15H2,1H3;1H. The zero-order chi connectivity index (χ0) is 12.4. The van der Waals surface area contributed by atoms with E-state index in [1.54, 1.807) is 0 Å². The number of carbonyl (C=O) groups is 1. The minimum absolute atomic E-state index is 0. The molecule has 0 saturated heterocycles. The van der Waals surface area contributed by atoms with Gasteiger partial charge in [-0.15, -0.1) is 12.4 Å². The van der Waals surface area contributed by atoms with Gasteiger partial charge in [0.05, 0.1) is 12.6 Å². The molecule has 0 bridgehead atoms. The Morgan fingerprint density at radius 3 is 2.61 bits per heavy atom. The van der Waals surface area contributed by atoms with E-state index in [0.29, 0.717) is 11.1 Å². The fraction of sp³-hybridized carbons (Fsp3) is 0.462. The Balaban J connectivity index is 0.00000162. The van der Waals surface area contributed by atoms with Crippen LogP contribution in [0, 0.1) is 0 Å². The summed E-state index contributed by atoms with van der Waals surface area (Å²) in [6.07, 6.45) is 2.14. The Kier molecular flexibility index (Phi) is 5.45. The Hall–Kier alpha value is -0.770. The van der Waals surface area contributed by atoms with Crippen LogP contribution in [0.3, 0.4) is 0 Å². The summed E-state index contributed by atoms with van der Waals surface area (Å²) in [6.45, 7) is 2.07. The van der Waals surface area contributed by atoms with Crippen LogP contribution in [0.25, 0.3) is 0 Å². The van der Waals surface area contributed by atoms with Gasteiger partial charge in [-0.1, -0.05) is 29.8 Å². The lowest BCUT2D eigenvalue weighted by molar-refractivity contribution is -0.132. The van der Waals surface area contributed by atoms with E-state index in [2.05, 4.69) is 0 Å². The Labute approximate surface area is 119 Å². The molecule has 3 nitrogen and oxygen atoms in total. The Morgan fingerprint density at radius 2 is 2.11 bits per heavy atom. The maximum Gasteiger partial charge on any atom is 0.237 e. The lowest BCUT2D eigenvalue weighted by atomic mass is 10.1. The van der Waals surface area contributed by atoms with Crippen LogP contribution in [0.15, 0.2) is 24.3 Å². The quantitative estimate of drug-likeness (QED) is 0.926. The van der Waals surface area contributed by atoms with Gasteiger partial charge in [0.2, 0.25) is 5.91 Å². The van der Waals surface area contributed by atoms with Crippen molar-refractivity contribution in [3.8, 4) is 0 Å². The molecule has 1 amide bonds. The first-order chi connectivity index (χ1) is 8.15. The van der Waals surface area contributed by atoms with Crippen LogP contribution in [0.2, 0.25) is 5.02 Å². The first-order valence-electron chi connectivity index (χ1n) is 5.90. The molecule has 1 saturated carbocycles. The number of hydrogen-bond acceptors (Lipinski definition) is 2. The second-order valence-corrected chi connectivity index (χ2v) is 4.84. The Bertz CT molecular complexity index is 421. The van der Waals surface area contributed by atoms with Crippen LogP contribution in [-0.4, -0.2) is 23.4 Å². The molecule has 1 aromatic rings. The summed E-state index contributed by atoms with van der Waals surface area (Å²) in [4.78, 5) is 13.8. The highest BCUT2D eigenvalue weighted by molar-refractivity contribution is 6.31. The van der Waals surface area contributed by atoms with Crippen LogP contribution in [0.5, 0.6) is 0 Å². The Morgan fingerprint density at radius 1 is 1.50 bits per heavy atom. The predicted molar refractivity (Wildman–Crippen MR) is 76.0 cm³/mol. The van der Waals surface area contributed by atoms with Crippen LogP contribution in [-0.2, 0) is 4.79 Å². The van der Waals surface area contributed by atoms with Crippen molar-refractivity contribution in [1.82, 2.24) is 4.90 Å². The number of rotatable bonds is 4. The van der Waals surface area contributed by atoms with Crippen LogP contribution in [0.4, 0.5) is 0 Å². The van der Waals surface area contributed by atoms with Crippen LogP contribution >= 0.6 is 24.0 Å². The molecular formula is C13H18Cl2N2O. The first-order valence-corrected chi connectivity index (χ1v) is 6.28. The lowest BCUT2D eigenvalue weighted by Crippen LogP contribution is -2.39. The van der Waals surface area contributed by atoms with Gasteiger partial charge in [0.15, 0.2) is 0 Å². The predicted octanol–water partition coefficient (Wildman–Crippen LogP) is 2.77. The molecule has 0 aromatic heterocycles. The van der Waals surface area contributed by atoms with E-state index < -0.39 is 0 Å². The number of nitrogens with two attached hydrogens (primary N) is 1. The maximum absolute atomic E-state index is 11.9. The molecule has 2 rings (SSSR count). The van der Waals surface area contributed by atoms with E-state index in [9.17, 15) is 4.79 Å². The molecule has 5 heteroatoms. The normalized spacial score (nSPS) is 15.7. The van der Waals surface area contributed by atoms with Gasteiger partial charge < -0.3 is 10.6 Å². The summed E-state index contributed by atoms with van der Waals surface area (Å²) in [5, 5.41) is 0.704. The maximum atomic E-state index is 11.9. The fourth-order valence-corrected chi connectivity index (χ4v) is 2.45. The molecular weight excluding hydrogens is 271 g/mol. The molecule has 2 N–H and O–H groups in total. The summed E-state index contributed by atoms with van der Waals surface area (Å²) in [5.41, 5.74) is 6.46. The number of amides is 1. The summed E-state index contributed by atoms with van der Waals surface area (Å²) in [6, 6.07) is 7.99. The summed E-state index contributed by atoms with van der Waals surface area (Å²) < 4.78 is 0. The molecule has 1 unspecified atom stereocenters.